The lowest BCUT2D eigenvalue weighted by molar-refractivity contribution is -0.159. The monoisotopic (exact) mass is 711 g/mol. The van der Waals surface area contributed by atoms with Gasteiger partial charge in [0, 0.05) is 23.9 Å². The van der Waals surface area contributed by atoms with Gasteiger partial charge in [-0.25, -0.2) is 9.59 Å². The van der Waals surface area contributed by atoms with Gasteiger partial charge in [0.2, 0.25) is 11.8 Å². The summed E-state index contributed by atoms with van der Waals surface area (Å²) >= 11 is 0. The van der Waals surface area contributed by atoms with Gasteiger partial charge in [-0.05, 0) is 103 Å². The lowest BCUT2D eigenvalue weighted by Crippen LogP contribution is -2.60. The molecule has 3 amide bonds. The molecule has 278 valence electrons. The van der Waals surface area contributed by atoms with Crippen molar-refractivity contribution in [2.24, 2.45) is 0 Å². The van der Waals surface area contributed by atoms with Crippen LogP contribution in [0.3, 0.4) is 0 Å². The van der Waals surface area contributed by atoms with Gasteiger partial charge < -0.3 is 30.1 Å². The lowest BCUT2D eigenvalue weighted by Gasteiger charge is -2.45. The number of carbonyl (C=O) groups excluding carboxylic acids is 4. The zero-order valence-corrected chi connectivity index (χ0v) is 31.8. The highest BCUT2D eigenvalue weighted by Gasteiger charge is 2.44. The average Bonchev–Trinajstić information content (AvgIpc) is 3.06. The number of nitrogens with one attached hydrogen (secondary N) is 2. The summed E-state index contributed by atoms with van der Waals surface area (Å²) in [4.78, 5) is 58.2. The highest BCUT2D eigenvalue weighted by atomic mass is 16.6. The molecule has 3 atom stereocenters. The smallest absolute Gasteiger partial charge is 0.408 e. The molecule has 3 unspecified atom stereocenters. The van der Waals surface area contributed by atoms with Crippen LogP contribution < -0.4 is 10.6 Å². The fourth-order valence-electron chi connectivity index (χ4n) is 5.48. The minimum Gasteiger partial charge on any atom is -0.508 e. The first-order valence-electron chi connectivity index (χ1n) is 17.5. The molecule has 0 fully saturated rings. The van der Waals surface area contributed by atoms with E-state index in [1.165, 1.54) is 17.0 Å². The summed E-state index contributed by atoms with van der Waals surface area (Å²) in [5, 5.41) is 15.6. The first kappa shape index (κ1) is 41.1. The molecular formula is C42H53N3O7. The number of esters is 1. The zero-order chi connectivity index (χ0) is 38.9. The second-order valence-electron chi connectivity index (χ2n) is 15.4. The Morgan fingerprint density at radius 2 is 1.29 bits per heavy atom. The fourth-order valence-corrected chi connectivity index (χ4v) is 5.48. The molecule has 10 nitrogen and oxygen atoms in total. The number of terminal acetylenes is 1. The molecule has 0 aliphatic heterocycles. The van der Waals surface area contributed by atoms with Crippen LogP contribution in [-0.2, 0) is 36.7 Å². The Balaban J connectivity index is 2.19. The predicted molar refractivity (Wildman–Crippen MR) is 201 cm³/mol. The first-order valence-corrected chi connectivity index (χ1v) is 17.5. The van der Waals surface area contributed by atoms with Crippen molar-refractivity contribution < 1.29 is 33.8 Å². The maximum atomic E-state index is 15.1. The summed E-state index contributed by atoms with van der Waals surface area (Å²) in [5.41, 5.74) is -0.192. The van der Waals surface area contributed by atoms with Gasteiger partial charge in [-0.15, -0.1) is 6.42 Å². The topological polar surface area (TPSA) is 134 Å². The second kappa shape index (κ2) is 17.3. The van der Waals surface area contributed by atoms with Crippen molar-refractivity contribution in [1.29, 1.82) is 0 Å². The lowest BCUT2D eigenvalue weighted by atomic mass is 9.90. The highest BCUT2D eigenvalue weighted by molar-refractivity contribution is 5.94. The van der Waals surface area contributed by atoms with Crippen LogP contribution >= 0.6 is 0 Å². The van der Waals surface area contributed by atoms with Crippen molar-refractivity contribution in [2.45, 2.75) is 116 Å². The molecule has 3 rings (SSSR count). The second-order valence-corrected chi connectivity index (χ2v) is 15.4. The summed E-state index contributed by atoms with van der Waals surface area (Å²) in [6.45, 7) is 16.0. The van der Waals surface area contributed by atoms with Crippen molar-refractivity contribution in [2.75, 3.05) is 0 Å². The fraction of sp³-hybridized carbons (Fsp3) is 0.429. The number of phenolic OH excluding ortho intramolecular Hbond substituents is 1. The molecule has 0 aliphatic rings. The molecule has 10 heteroatoms. The summed E-state index contributed by atoms with van der Waals surface area (Å²) < 4.78 is 11.3. The minimum atomic E-state index is -1.28. The van der Waals surface area contributed by atoms with Crippen LogP contribution in [0.2, 0.25) is 0 Å². The van der Waals surface area contributed by atoms with Crippen molar-refractivity contribution in [3.63, 3.8) is 0 Å². The highest BCUT2D eigenvalue weighted by Crippen LogP contribution is 2.33. The van der Waals surface area contributed by atoms with E-state index in [9.17, 15) is 19.5 Å². The number of phenols is 1. The third-order valence-corrected chi connectivity index (χ3v) is 8.31. The van der Waals surface area contributed by atoms with E-state index in [1.54, 1.807) is 77.9 Å². The Hall–Kier alpha value is -5.30. The molecule has 3 aromatic rings. The summed E-state index contributed by atoms with van der Waals surface area (Å²) in [6.07, 6.45) is 5.42. The quantitative estimate of drug-likeness (QED) is 0.134. The molecule has 0 bridgehead atoms. The van der Waals surface area contributed by atoms with Gasteiger partial charge in [-0.3, -0.25) is 9.59 Å². The molecule has 52 heavy (non-hydrogen) atoms. The normalized spacial score (nSPS) is 13.5. The van der Waals surface area contributed by atoms with Crippen molar-refractivity contribution in [3.8, 4) is 18.1 Å². The van der Waals surface area contributed by atoms with Crippen LogP contribution in [0.1, 0.15) is 97.0 Å². The van der Waals surface area contributed by atoms with Crippen LogP contribution in [0.25, 0.3) is 0 Å². The van der Waals surface area contributed by atoms with Crippen LogP contribution in [0.4, 0.5) is 4.79 Å². The Morgan fingerprint density at radius 3 is 1.81 bits per heavy atom. The Morgan fingerprint density at radius 1 is 0.750 bits per heavy atom. The van der Waals surface area contributed by atoms with E-state index in [-0.39, 0.29) is 18.6 Å². The number of nitrogens with zero attached hydrogens (tertiary/aromatic N) is 1. The summed E-state index contributed by atoms with van der Waals surface area (Å²) in [7, 11) is 0. The Kier molecular flexibility index (Phi) is 13.7. The number of rotatable bonds is 13. The first-order chi connectivity index (χ1) is 24.2. The van der Waals surface area contributed by atoms with E-state index in [2.05, 4.69) is 16.6 Å². The molecular weight excluding hydrogens is 658 g/mol. The molecule has 0 aliphatic carbocycles. The van der Waals surface area contributed by atoms with Gasteiger partial charge in [-0.2, -0.15) is 0 Å². The van der Waals surface area contributed by atoms with Gasteiger partial charge in [0.25, 0.3) is 0 Å². The van der Waals surface area contributed by atoms with Gasteiger partial charge >= 0.3 is 12.1 Å². The standard InChI is InChI=1S/C42H53N3O7/c1-11-28-18-22-31(23-19-28)35(36(47)43-34(38(49)51-40(3,4)5)27-29-16-14-13-15-17-29)45(42(9,10)12-2)37(48)33(44-39(50)52-41(6,7)8)26-30-20-24-32(46)25-21-30/h1,13-25,33-35,46H,12,26-27H2,2-10H3,(H,43,47)(H,44,50). The average molecular weight is 712 g/mol. The third-order valence-electron chi connectivity index (χ3n) is 8.31. The van der Waals surface area contributed by atoms with E-state index in [0.29, 0.717) is 23.1 Å². The molecule has 0 saturated heterocycles. The number of alkyl carbamates (subject to hydrolysis) is 1. The molecule has 0 spiro atoms. The molecule has 0 heterocycles. The molecule has 0 saturated carbocycles. The van der Waals surface area contributed by atoms with E-state index in [4.69, 9.17) is 15.9 Å². The number of amides is 3. The molecule has 0 aromatic heterocycles. The molecule has 3 N–H and O–H groups in total. The summed E-state index contributed by atoms with van der Waals surface area (Å²) in [5.74, 6) is 0.800. The third kappa shape index (κ3) is 12.2. The number of ether oxygens (including phenoxy) is 2. The number of carbonyl (C=O) groups is 4. The van der Waals surface area contributed by atoms with E-state index >= 15 is 4.79 Å². The van der Waals surface area contributed by atoms with Crippen LogP contribution in [0.5, 0.6) is 5.75 Å². The van der Waals surface area contributed by atoms with Crippen molar-refractivity contribution in [3.05, 3.63) is 101 Å². The maximum absolute atomic E-state index is 15.1. The van der Waals surface area contributed by atoms with Gasteiger partial charge in [0.1, 0.15) is 35.1 Å². The molecule has 0 radical (unpaired) electrons. The van der Waals surface area contributed by atoms with Gasteiger partial charge in [-0.1, -0.05) is 67.4 Å². The van der Waals surface area contributed by atoms with Crippen molar-refractivity contribution in [1.82, 2.24) is 15.5 Å². The van der Waals surface area contributed by atoms with Crippen LogP contribution in [0, 0.1) is 12.3 Å². The maximum Gasteiger partial charge on any atom is 0.408 e. The summed E-state index contributed by atoms with van der Waals surface area (Å²) in [6, 6.07) is 18.7. The van der Waals surface area contributed by atoms with Crippen LogP contribution in [0.15, 0.2) is 78.9 Å². The van der Waals surface area contributed by atoms with Gasteiger partial charge in [0.15, 0.2) is 0 Å². The number of benzene rings is 3. The predicted octanol–water partition coefficient (Wildman–Crippen LogP) is 6.64. The van der Waals surface area contributed by atoms with E-state index in [0.717, 1.165) is 5.56 Å². The van der Waals surface area contributed by atoms with Gasteiger partial charge in [0.05, 0.1) is 0 Å². The Bertz CT molecular complexity index is 1710. The van der Waals surface area contributed by atoms with Crippen LogP contribution in [-0.4, -0.2) is 62.7 Å². The SMILES string of the molecule is C#Cc1ccc(C(C(=O)NC(Cc2ccccc2)C(=O)OC(C)(C)C)N(C(=O)C(Cc2ccc(O)cc2)NC(=O)OC(C)(C)C)C(C)(C)CC)cc1. The number of aromatic hydroxyl groups is 1. The molecule has 3 aromatic carbocycles. The van der Waals surface area contributed by atoms with Crippen molar-refractivity contribution >= 4 is 23.9 Å². The minimum absolute atomic E-state index is 0.0214. The largest absolute Gasteiger partial charge is 0.508 e. The Labute approximate surface area is 308 Å². The van der Waals surface area contributed by atoms with E-state index in [1.807, 2.05) is 51.1 Å². The zero-order valence-electron chi connectivity index (χ0n) is 31.8. The number of hydrogen-bond donors (Lipinski definition) is 3. The van der Waals surface area contributed by atoms with E-state index < -0.39 is 58.7 Å². The number of hydrogen-bond acceptors (Lipinski definition) is 7.